The van der Waals surface area contributed by atoms with E-state index in [2.05, 4.69) is 20.5 Å². The quantitative estimate of drug-likeness (QED) is 0.700. The van der Waals surface area contributed by atoms with Gasteiger partial charge >= 0.3 is 0 Å². The predicted octanol–water partition coefficient (Wildman–Crippen LogP) is 1.85. The van der Waals surface area contributed by atoms with Crippen LogP contribution in [-0.2, 0) is 6.42 Å². The van der Waals surface area contributed by atoms with E-state index < -0.39 is 0 Å². The van der Waals surface area contributed by atoms with Crippen LogP contribution in [0, 0.1) is 13.8 Å². The van der Waals surface area contributed by atoms with E-state index >= 15 is 0 Å². The van der Waals surface area contributed by atoms with Gasteiger partial charge in [0.1, 0.15) is 11.5 Å². The number of aromatic amines is 1. The highest BCUT2D eigenvalue weighted by Crippen LogP contribution is 2.18. The van der Waals surface area contributed by atoms with E-state index in [-0.39, 0.29) is 11.7 Å². The fraction of sp³-hybridized carbons (Fsp3) is 0.294. The van der Waals surface area contributed by atoms with Crippen LogP contribution in [-0.4, -0.2) is 37.8 Å². The molecule has 0 saturated heterocycles. The SMILES string of the molecule is CC(=O)c1c(C)[nH]c(C(=O)NCCc2nnc3ccccn23)c1C. The lowest BCUT2D eigenvalue weighted by Gasteiger charge is -2.04. The average Bonchev–Trinajstić information content (AvgIpc) is 3.08. The van der Waals surface area contributed by atoms with E-state index in [1.165, 1.54) is 6.92 Å². The van der Waals surface area contributed by atoms with Gasteiger partial charge in [-0.3, -0.25) is 14.0 Å². The summed E-state index contributed by atoms with van der Waals surface area (Å²) in [6.45, 7) is 5.51. The van der Waals surface area contributed by atoms with E-state index in [9.17, 15) is 9.59 Å². The predicted molar refractivity (Wildman–Crippen MR) is 89.3 cm³/mol. The van der Waals surface area contributed by atoms with Gasteiger partial charge in [0, 0.05) is 30.4 Å². The van der Waals surface area contributed by atoms with Crippen LogP contribution in [0.2, 0.25) is 0 Å². The summed E-state index contributed by atoms with van der Waals surface area (Å²) in [6, 6.07) is 5.69. The summed E-state index contributed by atoms with van der Waals surface area (Å²) in [6.07, 6.45) is 2.46. The molecule has 0 aliphatic rings. The van der Waals surface area contributed by atoms with Crippen molar-refractivity contribution in [3.8, 4) is 0 Å². The molecule has 0 bridgehead atoms. The number of ketones is 1. The summed E-state index contributed by atoms with van der Waals surface area (Å²) in [4.78, 5) is 27.0. The number of H-pyrrole nitrogens is 1. The molecular formula is C17H19N5O2. The monoisotopic (exact) mass is 325 g/mol. The van der Waals surface area contributed by atoms with Gasteiger partial charge in [-0.05, 0) is 38.5 Å². The van der Waals surface area contributed by atoms with Gasteiger partial charge < -0.3 is 10.3 Å². The molecule has 0 saturated carbocycles. The molecule has 0 aliphatic carbocycles. The molecule has 0 aromatic carbocycles. The van der Waals surface area contributed by atoms with Crippen LogP contribution in [0.1, 0.15) is 44.9 Å². The summed E-state index contributed by atoms with van der Waals surface area (Å²) >= 11 is 0. The zero-order chi connectivity index (χ0) is 17.3. The minimum Gasteiger partial charge on any atom is -0.354 e. The Morgan fingerprint density at radius 1 is 1.25 bits per heavy atom. The molecule has 0 atom stereocenters. The first kappa shape index (κ1) is 15.9. The molecule has 3 rings (SSSR count). The maximum atomic E-state index is 12.3. The number of pyridine rings is 1. The smallest absolute Gasteiger partial charge is 0.268 e. The van der Waals surface area contributed by atoms with Gasteiger partial charge in [-0.15, -0.1) is 10.2 Å². The van der Waals surface area contributed by atoms with Crippen molar-refractivity contribution >= 4 is 17.3 Å². The molecular weight excluding hydrogens is 306 g/mol. The van der Waals surface area contributed by atoms with Crippen LogP contribution in [0.3, 0.4) is 0 Å². The lowest BCUT2D eigenvalue weighted by atomic mass is 10.1. The van der Waals surface area contributed by atoms with Crippen molar-refractivity contribution in [3.05, 3.63) is 52.7 Å². The first-order chi connectivity index (χ1) is 11.5. The van der Waals surface area contributed by atoms with E-state index in [0.717, 1.165) is 11.5 Å². The molecule has 124 valence electrons. The van der Waals surface area contributed by atoms with Crippen LogP contribution in [0.5, 0.6) is 0 Å². The molecule has 3 aromatic rings. The molecule has 1 amide bonds. The second-order valence-electron chi connectivity index (χ2n) is 5.73. The highest BCUT2D eigenvalue weighted by Gasteiger charge is 2.19. The van der Waals surface area contributed by atoms with Gasteiger partial charge in [0.25, 0.3) is 5.91 Å². The highest BCUT2D eigenvalue weighted by atomic mass is 16.2. The first-order valence-corrected chi connectivity index (χ1v) is 7.76. The Kier molecular flexibility index (Phi) is 4.16. The van der Waals surface area contributed by atoms with Gasteiger partial charge in [0.15, 0.2) is 11.4 Å². The van der Waals surface area contributed by atoms with Gasteiger partial charge in [-0.1, -0.05) is 6.07 Å². The maximum Gasteiger partial charge on any atom is 0.268 e. The second-order valence-corrected chi connectivity index (χ2v) is 5.73. The summed E-state index contributed by atoms with van der Waals surface area (Å²) in [5.74, 6) is 0.516. The number of rotatable bonds is 5. The minimum atomic E-state index is -0.225. The summed E-state index contributed by atoms with van der Waals surface area (Å²) in [5.41, 5.74) is 3.20. The van der Waals surface area contributed by atoms with Crippen LogP contribution in [0.25, 0.3) is 5.65 Å². The third-order valence-electron chi connectivity index (χ3n) is 4.04. The largest absolute Gasteiger partial charge is 0.354 e. The van der Waals surface area contributed by atoms with Gasteiger partial charge in [-0.25, -0.2) is 0 Å². The van der Waals surface area contributed by atoms with E-state index in [4.69, 9.17) is 0 Å². The zero-order valence-electron chi connectivity index (χ0n) is 13.9. The topological polar surface area (TPSA) is 92.1 Å². The fourth-order valence-electron chi connectivity index (χ4n) is 2.94. The highest BCUT2D eigenvalue weighted by molar-refractivity contribution is 6.02. The third kappa shape index (κ3) is 2.80. The van der Waals surface area contributed by atoms with Crippen molar-refractivity contribution in [1.29, 1.82) is 0 Å². The van der Waals surface area contributed by atoms with E-state index in [1.807, 2.05) is 28.8 Å². The zero-order valence-corrected chi connectivity index (χ0v) is 13.9. The number of fused-ring (bicyclic) bond motifs is 1. The number of aryl methyl sites for hydroxylation is 1. The first-order valence-electron chi connectivity index (χ1n) is 7.76. The lowest BCUT2D eigenvalue weighted by molar-refractivity contribution is 0.0948. The summed E-state index contributed by atoms with van der Waals surface area (Å²) < 4.78 is 1.89. The molecule has 3 heterocycles. The number of aromatic nitrogens is 4. The Hall–Kier alpha value is -2.96. The Morgan fingerprint density at radius 2 is 2.04 bits per heavy atom. The number of nitrogens with one attached hydrogen (secondary N) is 2. The third-order valence-corrected chi connectivity index (χ3v) is 4.04. The van der Waals surface area contributed by atoms with E-state index in [1.54, 1.807) is 13.8 Å². The molecule has 7 nitrogen and oxygen atoms in total. The van der Waals surface area contributed by atoms with Crippen LogP contribution in [0.15, 0.2) is 24.4 Å². The molecule has 2 N–H and O–H groups in total. The molecule has 0 aliphatic heterocycles. The number of hydrogen-bond donors (Lipinski definition) is 2. The molecule has 7 heteroatoms. The summed E-state index contributed by atoms with van der Waals surface area (Å²) in [7, 11) is 0. The van der Waals surface area contributed by atoms with Gasteiger partial charge in [-0.2, -0.15) is 0 Å². The maximum absolute atomic E-state index is 12.3. The van der Waals surface area contributed by atoms with Gasteiger partial charge in [0.05, 0.1) is 0 Å². The van der Waals surface area contributed by atoms with Crippen LogP contribution in [0.4, 0.5) is 0 Å². The van der Waals surface area contributed by atoms with Crippen molar-refractivity contribution < 1.29 is 9.59 Å². The van der Waals surface area contributed by atoms with Crippen LogP contribution < -0.4 is 5.32 Å². The average molecular weight is 325 g/mol. The molecule has 0 radical (unpaired) electrons. The number of carbonyl (C=O) groups excluding carboxylic acids is 2. The number of nitrogens with zero attached hydrogens (tertiary/aromatic N) is 3. The second kappa shape index (κ2) is 6.27. The number of hydrogen-bond acceptors (Lipinski definition) is 4. The molecule has 0 spiro atoms. The minimum absolute atomic E-state index is 0.0461. The fourth-order valence-corrected chi connectivity index (χ4v) is 2.94. The Balaban J connectivity index is 1.68. The van der Waals surface area contributed by atoms with Gasteiger partial charge in [0.2, 0.25) is 0 Å². The van der Waals surface area contributed by atoms with Crippen molar-refractivity contribution in [1.82, 2.24) is 24.9 Å². The molecule has 0 unspecified atom stereocenters. The van der Waals surface area contributed by atoms with Crippen molar-refractivity contribution in [2.75, 3.05) is 6.54 Å². The summed E-state index contributed by atoms with van der Waals surface area (Å²) in [5, 5.41) is 11.1. The lowest BCUT2D eigenvalue weighted by Crippen LogP contribution is -2.27. The van der Waals surface area contributed by atoms with Crippen molar-refractivity contribution in [2.24, 2.45) is 0 Å². The molecule has 0 fully saturated rings. The Labute approximate surface area is 139 Å². The standard InChI is InChI=1S/C17H19N5O2/c1-10-15(12(3)23)11(2)19-16(10)17(24)18-8-7-14-21-20-13-6-4-5-9-22(13)14/h4-6,9,19H,7-8H2,1-3H3,(H,18,24). The number of amides is 1. The molecule has 24 heavy (non-hydrogen) atoms. The van der Waals surface area contributed by atoms with Crippen LogP contribution >= 0.6 is 0 Å². The van der Waals surface area contributed by atoms with E-state index in [0.29, 0.717) is 35.5 Å². The number of carbonyl (C=O) groups is 2. The van der Waals surface area contributed by atoms with Crippen molar-refractivity contribution in [2.45, 2.75) is 27.2 Å². The normalized spacial score (nSPS) is 11.0. The Bertz CT molecular complexity index is 922. The molecule has 3 aromatic heterocycles. The van der Waals surface area contributed by atoms with Crippen molar-refractivity contribution in [3.63, 3.8) is 0 Å². The number of Topliss-reactive ketones (excluding diaryl/α,β-unsaturated/α-hetero) is 1. The Morgan fingerprint density at radius 3 is 2.75 bits per heavy atom.